The normalized spacial score (nSPS) is 24.0. The van der Waals surface area contributed by atoms with Crippen molar-refractivity contribution in [1.29, 1.82) is 0 Å². The van der Waals surface area contributed by atoms with Crippen molar-refractivity contribution >= 4 is 29.5 Å². The molecule has 0 aliphatic carbocycles. The molecular formula is C36H48FN5O7. The van der Waals surface area contributed by atoms with Crippen LogP contribution in [-0.2, 0) is 29.3 Å². The van der Waals surface area contributed by atoms with E-state index in [-0.39, 0.29) is 36.3 Å². The van der Waals surface area contributed by atoms with E-state index < -0.39 is 71.4 Å². The molecule has 0 unspecified atom stereocenters. The number of fused-ring (bicyclic) bond motifs is 1. The van der Waals surface area contributed by atoms with Gasteiger partial charge < -0.3 is 36.1 Å². The molecule has 1 saturated heterocycles. The van der Waals surface area contributed by atoms with Crippen LogP contribution in [0.3, 0.4) is 0 Å². The number of carbonyl (C=O) groups is 5. The Bertz CT molecular complexity index is 1510. The van der Waals surface area contributed by atoms with E-state index >= 15 is 0 Å². The Balaban J connectivity index is 1.65. The van der Waals surface area contributed by atoms with Gasteiger partial charge in [0, 0.05) is 25.2 Å². The summed E-state index contributed by atoms with van der Waals surface area (Å²) < 4.78 is 25.8. The van der Waals surface area contributed by atoms with Gasteiger partial charge in [-0.3, -0.25) is 24.0 Å². The monoisotopic (exact) mass is 681 g/mol. The van der Waals surface area contributed by atoms with Crippen LogP contribution in [0.5, 0.6) is 5.75 Å². The van der Waals surface area contributed by atoms with Crippen molar-refractivity contribution < 1.29 is 37.8 Å². The van der Waals surface area contributed by atoms with E-state index in [0.717, 1.165) is 0 Å². The third kappa shape index (κ3) is 9.78. The van der Waals surface area contributed by atoms with Gasteiger partial charge in [0.05, 0.1) is 18.0 Å². The molecule has 2 aromatic carbocycles. The number of carbonyl (C=O) groups excluding carboxylic acids is 5. The molecule has 4 atom stereocenters. The van der Waals surface area contributed by atoms with Crippen LogP contribution < -0.4 is 31.3 Å². The fourth-order valence-electron chi connectivity index (χ4n) is 6.07. The van der Waals surface area contributed by atoms with Gasteiger partial charge in [-0.2, -0.15) is 0 Å². The molecular weight excluding hydrogens is 633 g/mol. The van der Waals surface area contributed by atoms with Crippen LogP contribution in [0.25, 0.3) is 0 Å². The van der Waals surface area contributed by atoms with Crippen LogP contribution in [0, 0.1) is 17.7 Å². The fourth-order valence-corrected chi connectivity index (χ4v) is 6.07. The second kappa shape index (κ2) is 16.7. The van der Waals surface area contributed by atoms with E-state index in [9.17, 15) is 28.4 Å². The highest BCUT2D eigenvalue weighted by Gasteiger charge is 2.37. The maximum absolute atomic E-state index is 14.3. The largest absolute Gasteiger partial charge is 0.491 e. The van der Waals surface area contributed by atoms with Gasteiger partial charge in [-0.1, -0.05) is 52.0 Å². The average molecular weight is 682 g/mol. The lowest BCUT2D eigenvalue weighted by Crippen LogP contribution is -2.58. The van der Waals surface area contributed by atoms with Gasteiger partial charge in [0.1, 0.15) is 36.3 Å². The number of rotatable bonds is 6. The zero-order valence-corrected chi connectivity index (χ0v) is 28.8. The fraction of sp³-hybridized carbons (Fsp3) is 0.528. The number of hydrogen-bond donors (Lipinski definition) is 5. The van der Waals surface area contributed by atoms with Crippen LogP contribution in [0.1, 0.15) is 69.8 Å². The molecule has 0 aromatic heterocycles. The number of halogens is 1. The van der Waals surface area contributed by atoms with E-state index in [2.05, 4.69) is 26.6 Å². The molecule has 2 heterocycles. The van der Waals surface area contributed by atoms with E-state index in [1.807, 2.05) is 6.07 Å². The SMILES string of the molecule is CC(C)[C@@H]1NC(=O)C[C@@H](C(=O)NCC2(c3cccc(F)c3)CCOCC2)NC(=O)c2ccccc2OC[C@H](C)NC(=O)[C@@H](C(C)C)NC1=O. The maximum Gasteiger partial charge on any atom is 0.255 e. The van der Waals surface area contributed by atoms with Crippen LogP contribution in [0.15, 0.2) is 48.5 Å². The lowest BCUT2D eigenvalue weighted by atomic mass is 9.74. The molecule has 49 heavy (non-hydrogen) atoms. The molecule has 5 N–H and O–H groups in total. The van der Waals surface area contributed by atoms with E-state index in [1.54, 1.807) is 58.9 Å². The molecule has 0 bridgehead atoms. The van der Waals surface area contributed by atoms with Crippen LogP contribution >= 0.6 is 0 Å². The standard InChI is InChI=1S/C36H48FN5O7/c1-21(2)30-35(47)42-31(22(3)4)34(46)39-23(5)19-49-28-12-7-6-11-26(28)32(44)40-27(18-29(43)41-30)33(45)38-20-36(13-15-48-16-14-36)24-9-8-10-25(37)17-24/h6-12,17,21-23,27,30-31H,13-16,18-20H2,1-5H3,(H,38,45)(H,39,46)(H,40,44)(H,41,43)(H,42,47)/t23-,27-,30-,31+/m0/s1. The number of benzene rings is 2. The Morgan fingerprint density at radius 1 is 0.898 bits per heavy atom. The molecule has 0 spiro atoms. The molecule has 1 fully saturated rings. The summed E-state index contributed by atoms with van der Waals surface area (Å²) in [6, 6.07) is 8.92. The van der Waals surface area contributed by atoms with Crippen molar-refractivity contribution in [2.75, 3.05) is 26.4 Å². The molecule has 12 nitrogen and oxygen atoms in total. The lowest BCUT2D eigenvalue weighted by molar-refractivity contribution is -0.134. The summed E-state index contributed by atoms with van der Waals surface area (Å²) >= 11 is 0. The minimum atomic E-state index is -1.35. The Morgan fingerprint density at radius 2 is 1.55 bits per heavy atom. The highest BCUT2D eigenvalue weighted by Crippen LogP contribution is 2.34. The van der Waals surface area contributed by atoms with Crippen molar-refractivity contribution in [2.24, 2.45) is 11.8 Å². The summed E-state index contributed by atoms with van der Waals surface area (Å²) in [7, 11) is 0. The van der Waals surface area contributed by atoms with Crippen LogP contribution in [-0.4, -0.2) is 80.1 Å². The smallest absolute Gasteiger partial charge is 0.255 e. The topological polar surface area (TPSA) is 164 Å². The second-order valence-corrected chi connectivity index (χ2v) is 13.6. The number of ether oxygens (including phenoxy) is 2. The highest BCUT2D eigenvalue weighted by atomic mass is 19.1. The minimum absolute atomic E-state index is 0.0131. The van der Waals surface area contributed by atoms with Gasteiger partial charge in [0.15, 0.2) is 0 Å². The molecule has 13 heteroatoms. The minimum Gasteiger partial charge on any atom is -0.491 e. The predicted molar refractivity (Wildman–Crippen MR) is 180 cm³/mol. The number of para-hydroxylation sites is 1. The molecule has 4 rings (SSSR count). The van der Waals surface area contributed by atoms with Crippen molar-refractivity contribution in [3.8, 4) is 5.75 Å². The highest BCUT2D eigenvalue weighted by molar-refractivity contribution is 6.01. The summed E-state index contributed by atoms with van der Waals surface area (Å²) in [5.74, 6) is -3.74. The van der Waals surface area contributed by atoms with E-state index in [4.69, 9.17) is 9.47 Å². The first-order chi connectivity index (χ1) is 23.3. The third-order valence-electron chi connectivity index (χ3n) is 9.02. The molecule has 2 aliphatic heterocycles. The van der Waals surface area contributed by atoms with Gasteiger partial charge in [-0.15, -0.1) is 0 Å². The lowest BCUT2D eigenvalue weighted by Gasteiger charge is -2.38. The second-order valence-electron chi connectivity index (χ2n) is 13.6. The molecule has 266 valence electrons. The number of nitrogens with one attached hydrogen (secondary N) is 5. The quantitative estimate of drug-likeness (QED) is 0.313. The van der Waals surface area contributed by atoms with Gasteiger partial charge in [-0.25, -0.2) is 4.39 Å². The van der Waals surface area contributed by atoms with Crippen molar-refractivity contribution in [2.45, 2.75) is 83.5 Å². The van der Waals surface area contributed by atoms with Crippen LogP contribution in [0.2, 0.25) is 0 Å². The summed E-state index contributed by atoms with van der Waals surface area (Å²) in [6.07, 6.45) is 0.562. The molecule has 0 radical (unpaired) electrons. The summed E-state index contributed by atoms with van der Waals surface area (Å²) in [5.41, 5.74) is 0.210. The summed E-state index contributed by atoms with van der Waals surface area (Å²) in [4.78, 5) is 67.8. The van der Waals surface area contributed by atoms with Crippen molar-refractivity contribution in [3.63, 3.8) is 0 Å². The molecule has 2 aromatic rings. The van der Waals surface area contributed by atoms with Crippen molar-refractivity contribution in [3.05, 3.63) is 65.5 Å². The van der Waals surface area contributed by atoms with Crippen LogP contribution in [0.4, 0.5) is 4.39 Å². The average Bonchev–Trinajstić information content (AvgIpc) is 3.07. The molecule has 2 aliphatic rings. The third-order valence-corrected chi connectivity index (χ3v) is 9.02. The van der Waals surface area contributed by atoms with Gasteiger partial charge >= 0.3 is 0 Å². The zero-order chi connectivity index (χ0) is 35.7. The Kier molecular flexibility index (Phi) is 12.7. The Morgan fingerprint density at radius 3 is 2.22 bits per heavy atom. The molecule has 0 saturated carbocycles. The summed E-state index contributed by atoms with van der Waals surface area (Å²) in [5, 5.41) is 13.9. The first-order valence-electron chi connectivity index (χ1n) is 16.8. The summed E-state index contributed by atoms with van der Waals surface area (Å²) in [6.45, 7) is 9.79. The van der Waals surface area contributed by atoms with Gasteiger partial charge in [0.2, 0.25) is 23.6 Å². The first-order valence-corrected chi connectivity index (χ1v) is 16.8. The van der Waals surface area contributed by atoms with Gasteiger partial charge in [0.25, 0.3) is 5.91 Å². The molecule has 5 amide bonds. The zero-order valence-electron chi connectivity index (χ0n) is 28.8. The van der Waals surface area contributed by atoms with E-state index in [1.165, 1.54) is 18.2 Å². The number of hydrogen-bond acceptors (Lipinski definition) is 7. The Labute approximate surface area is 286 Å². The van der Waals surface area contributed by atoms with Gasteiger partial charge in [-0.05, 0) is 61.4 Å². The maximum atomic E-state index is 14.3. The first kappa shape index (κ1) is 37.3. The van der Waals surface area contributed by atoms with Crippen molar-refractivity contribution in [1.82, 2.24) is 26.6 Å². The number of amides is 5. The predicted octanol–water partition coefficient (Wildman–Crippen LogP) is 2.36. The Hall–Kier alpha value is -4.52. The van der Waals surface area contributed by atoms with E-state index in [0.29, 0.717) is 31.6 Å².